The van der Waals surface area contributed by atoms with Gasteiger partial charge in [0.15, 0.2) is 5.76 Å². The average molecular weight is 443 g/mol. The van der Waals surface area contributed by atoms with E-state index in [2.05, 4.69) is 26.5 Å². The lowest BCUT2D eigenvalue weighted by Crippen LogP contribution is -3.10. The monoisotopic (exact) mass is 442 g/mol. The highest BCUT2D eigenvalue weighted by atomic mass is 16.5. The molecule has 1 aromatic heterocycles. The fraction of sp³-hybridized carbons (Fsp3) is 0.750. The molecule has 0 amide bonds. The van der Waals surface area contributed by atoms with Crippen molar-refractivity contribution in [3.05, 3.63) is 35.8 Å². The van der Waals surface area contributed by atoms with Crippen molar-refractivity contribution in [2.75, 3.05) is 20.2 Å². The number of carbonyl (C=O) groups is 1. The van der Waals surface area contributed by atoms with E-state index in [9.17, 15) is 4.79 Å². The van der Waals surface area contributed by atoms with Crippen LogP contribution in [0.1, 0.15) is 89.4 Å². The number of furan rings is 1. The van der Waals surface area contributed by atoms with Crippen LogP contribution in [0.15, 0.2) is 28.9 Å². The first-order valence-electron chi connectivity index (χ1n) is 13.0. The lowest BCUT2D eigenvalue weighted by molar-refractivity contribution is -0.914. The molecule has 4 rings (SSSR count). The van der Waals surface area contributed by atoms with Gasteiger partial charge in [-0.3, -0.25) is 4.79 Å². The van der Waals surface area contributed by atoms with Crippen molar-refractivity contribution >= 4 is 5.97 Å². The molecule has 3 aliphatic rings. The summed E-state index contributed by atoms with van der Waals surface area (Å²) < 4.78 is 11.3. The highest BCUT2D eigenvalue weighted by Crippen LogP contribution is 2.62. The van der Waals surface area contributed by atoms with E-state index >= 15 is 0 Å². The second kappa shape index (κ2) is 9.75. The van der Waals surface area contributed by atoms with E-state index in [1.54, 1.807) is 12.0 Å². The topological polar surface area (TPSA) is 43.9 Å². The molecule has 2 aliphatic carbocycles. The molecule has 178 valence electrons. The van der Waals surface area contributed by atoms with Crippen LogP contribution >= 0.6 is 0 Å². The zero-order chi connectivity index (χ0) is 22.8. The van der Waals surface area contributed by atoms with Crippen LogP contribution in [0, 0.1) is 22.7 Å². The third-order valence-corrected chi connectivity index (χ3v) is 9.43. The maximum atomic E-state index is 12.8. The molecule has 32 heavy (non-hydrogen) atoms. The van der Waals surface area contributed by atoms with E-state index in [1.165, 1.54) is 62.1 Å². The first kappa shape index (κ1) is 23.6. The molecule has 4 heteroatoms. The van der Waals surface area contributed by atoms with Crippen LogP contribution in [0.4, 0.5) is 0 Å². The minimum atomic E-state index is -0.363. The summed E-state index contributed by atoms with van der Waals surface area (Å²) in [6.07, 6.45) is 14.8. The van der Waals surface area contributed by atoms with Gasteiger partial charge >= 0.3 is 5.97 Å². The zero-order valence-corrected chi connectivity index (χ0v) is 20.6. The second-order valence-electron chi connectivity index (χ2n) is 11.3. The number of methoxy groups -OCH3 is 1. The van der Waals surface area contributed by atoms with Crippen molar-refractivity contribution in [2.24, 2.45) is 22.7 Å². The minimum absolute atomic E-state index is 0.0165. The Balaban J connectivity index is 1.48. The Kier molecular flexibility index (Phi) is 7.19. The number of esters is 1. The Morgan fingerprint density at radius 2 is 1.94 bits per heavy atom. The van der Waals surface area contributed by atoms with E-state index < -0.39 is 0 Å². The van der Waals surface area contributed by atoms with Gasteiger partial charge in [0.25, 0.3) is 0 Å². The summed E-state index contributed by atoms with van der Waals surface area (Å²) in [6, 6.07) is 2.19. The molecule has 2 saturated carbocycles. The molecule has 0 radical (unpaired) electrons. The predicted octanol–water partition coefficient (Wildman–Crippen LogP) is 5.12. The predicted molar refractivity (Wildman–Crippen MR) is 127 cm³/mol. The number of quaternary nitrogens is 1. The van der Waals surface area contributed by atoms with Gasteiger partial charge in [0.2, 0.25) is 0 Å². The minimum Gasteiger partial charge on any atom is -0.469 e. The lowest BCUT2D eigenvalue weighted by atomic mass is 9.46. The first-order chi connectivity index (χ1) is 15.4. The van der Waals surface area contributed by atoms with E-state index in [0.717, 1.165) is 45.1 Å². The van der Waals surface area contributed by atoms with Crippen molar-refractivity contribution in [3.8, 4) is 0 Å². The number of rotatable bonds is 6. The van der Waals surface area contributed by atoms with E-state index in [-0.39, 0.29) is 16.8 Å². The third kappa shape index (κ3) is 4.44. The number of fused-ring (bicyclic) bond motifs is 1. The van der Waals surface area contributed by atoms with Gasteiger partial charge < -0.3 is 14.1 Å². The number of allylic oxidation sites excluding steroid dienone is 1. The van der Waals surface area contributed by atoms with Gasteiger partial charge in [-0.15, -0.1) is 0 Å². The summed E-state index contributed by atoms with van der Waals surface area (Å²) in [7, 11) is 1.55. The van der Waals surface area contributed by atoms with E-state index in [4.69, 9.17) is 9.15 Å². The van der Waals surface area contributed by atoms with Gasteiger partial charge in [-0.05, 0) is 100 Å². The molecule has 1 aromatic rings. The second-order valence-corrected chi connectivity index (χ2v) is 11.3. The maximum absolute atomic E-state index is 12.8. The normalized spacial score (nSPS) is 34.0. The Hall–Kier alpha value is -1.55. The van der Waals surface area contributed by atoms with Crippen LogP contribution in [0.25, 0.3) is 0 Å². The standard InChI is InChI=1S/C28H43NO3/c1-21-10-13-25-27(2,15-9-16-28(25,3)26(30)31-4)23(21)12-11-22-14-19-32-24(22)20-29-17-7-5-6-8-18-29/h14,19,23,25H,1,5-13,15-18,20H2,2-4H3/p+1/t23-,25-,27+,28-/m0/s1. The summed E-state index contributed by atoms with van der Waals surface area (Å²) in [6.45, 7) is 12.7. The zero-order valence-electron chi connectivity index (χ0n) is 20.6. The number of carbonyl (C=O) groups excluding carboxylic acids is 1. The molecular formula is C28H44NO3+. The fourth-order valence-electron chi connectivity index (χ4n) is 7.64. The van der Waals surface area contributed by atoms with Crippen molar-refractivity contribution < 1.29 is 18.8 Å². The first-order valence-corrected chi connectivity index (χ1v) is 13.0. The summed E-state index contributed by atoms with van der Waals surface area (Å²) in [4.78, 5) is 14.5. The van der Waals surface area contributed by atoms with Gasteiger partial charge in [-0.2, -0.15) is 0 Å². The van der Waals surface area contributed by atoms with Crippen LogP contribution in [0.2, 0.25) is 0 Å². The highest BCUT2D eigenvalue weighted by molar-refractivity contribution is 5.77. The number of ether oxygens (including phenoxy) is 1. The molecule has 1 N–H and O–H groups in total. The summed E-state index contributed by atoms with van der Waals surface area (Å²) in [5.74, 6) is 2.00. The third-order valence-electron chi connectivity index (χ3n) is 9.43. The van der Waals surface area contributed by atoms with Crippen molar-refractivity contribution in [1.82, 2.24) is 0 Å². The molecular weight excluding hydrogens is 398 g/mol. The average Bonchev–Trinajstić information content (AvgIpc) is 3.04. The quantitative estimate of drug-likeness (QED) is 0.491. The summed E-state index contributed by atoms with van der Waals surface area (Å²) in [5, 5.41) is 0. The smallest absolute Gasteiger partial charge is 0.311 e. The Morgan fingerprint density at radius 1 is 1.19 bits per heavy atom. The van der Waals surface area contributed by atoms with Crippen LogP contribution in [-0.2, 0) is 22.5 Å². The van der Waals surface area contributed by atoms with Crippen LogP contribution in [-0.4, -0.2) is 26.2 Å². The number of likely N-dealkylation sites (tertiary alicyclic amines) is 1. The molecule has 1 aliphatic heterocycles. The van der Waals surface area contributed by atoms with Crippen LogP contribution in [0.5, 0.6) is 0 Å². The molecule has 0 unspecified atom stereocenters. The molecule has 1 saturated heterocycles. The molecule has 4 atom stereocenters. The van der Waals surface area contributed by atoms with Gasteiger partial charge in [-0.1, -0.05) is 25.5 Å². The van der Waals surface area contributed by atoms with Gasteiger partial charge in [0, 0.05) is 0 Å². The number of nitrogens with one attached hydrogen (secondary N) is 1. The molecule has 3 fully saturated rings. The highest BCUT2D eigenvalue weighted by Gasteiger charge is 2.57. The van der Waals surface area contributed by atoms with Crippen molar-refractivity contribution in [1.29, 1.82) is 0 Å². The Morgan fingerprint density at radius 3 is 2.66 bits per heavy atom. The molecule has 2 heterocycles. The molecule has 0 spiro atoms. The van der Waals surface area contributed by atoms with Gasteiger partial charge in [-0.25, -0.2) is 0 Å². The van der Waals surface area contributed by atoms with Crippen molar-refractivity contribution in [3.63, 3.8) is 0 Å². The Bertz CT molecular complexity index is 805. The summed E-state index contributed by atoms with van der Waals surface area (Å²) in [5.41, 5.74) is 2.53. The molecule has 0 aromatic carbocycles. The number of aryl methyl sites for hydroxylation is 1. The fourth-order valence-corrected chi connectivity index (χ4v) is 7.64. The molecule has 4 nitrogen and oxygen atoms in total. The number of hydrogen-bond donors (Lipinski definition) is 1. The lowest BCUT2D eigenvalue weighted by Gasteiger charge is -2.57. The van der Waals surface area contributed by atoms with E-state index in [1.807, 2.05) is 6.26 Å². The Labute approximate surface area is 194 Å². The maximum Gasteiger partial charge on any atom is 0.311 e. The molecule has 0 bridgehead atoms. The van der Waals surface area contributed by atoms with Crippen molar-refractivity contribution in [2.45, 2.75) is 91.0 Å². The van der Waals surface area contributed by atoms with Gasteiger partial charge in [0.1, 0.15) is 6.54 Å². The largest absolute Gasteiger partial charge is 0.469 e. The van der Waals surface area contributed by atoms with Gasteiger partial charge in [0.05, 0.1) is 31.9 Å². The summed E-state index contributed by atoms with van der Waals surface area (Å²) >= 11 is 0. The SMILES string of the molecule is C=C1CC[C@H]2[C@](C)(CCC[C@]2(C)C(=O)OC)[C@H]1CCc1ccoc1C[NH+]1CCCCCC1. The number of hydrogen-bond acceptors (Lipinski definition) is 3. The van der Waals surface area contributed by atoms with Crippen LogP contribution in [0.3, 0.4) is 0 Å². The van der Waals surface area contributed by atoms with Crippen LogP contribution < -0.4 is 4.90 Å². The van der Waals surface area contributed by atoms with E-state index in [0.29, 0.717) is 11.8 Å².